The standard InChI is InChI=1S/C46H55NO5Si/c1-28(2)14-12-15-32(48)16-13-21-47-40-26-42-39(25-36(40)31(5)27-45(47,6)7)46(37-18-11-10-17-35(37)44(50)52-46)38-20-19-33(24-41(38)53(42,8)9)51-34-22-29(3)43(49)30(4)23-34/h10-11,17-20,22-26,28,31,49H,12-16,21,27H2,1-9H3. The van der Waals surface area contributed by atoms with Crippen LogP contribution in [0.5, 0.6) is 17.2 Å². The van der Waals surface area contributed by atoms with Crippen molar-refractivity contribution < 1.29 is 24.2 Å². The molecule has 0 aromatic heterocycles. The van der Waals surface area contributed by atoms with E-state index in [1.54, 1.807) is 0 Å². The molecule has 0 saturated carbocycles. The van der Waals surface area contributed by atoms with E-state index >= 15 is 0 Å². The molecule has 278 valence electrons. The second-order valence-corrected chi connectivity index (χ2v) is 21.7. The van der Waals surface area contributed by atoms with Gasteiger partial charge in [0.05, 0.1) is 5.56 Å². The molecule has 0 radical (unpaired) electrons. The molecule has 1 spiro atoms. The molecule has 6 nitrogen and oxygen atoms in total. The summed E-state index contributed by atoms with van der Waals surface area (Å²) in [5, 5.41) is 12.8. The van der Waals surface area contributed by atoms with Crippen LogP contribution in [0.1, 0.15) is 123 Å². The van der Waals surface area contributed by atoms with Gasteiger partial charge in [-0.25, -0.2) is 4.79 Å². The van der Waals surface area contributed by atoms with Crippen LogP contribution in [0, 0.1) is 19.8 Å². The van der Waals surface area contributed by atoms with Gasteiger partial charge in [-0.2, -0.15) is 0 Å². The fourth-order valence-corrected chi connectivity index (χ4v) is 12.6. The van der Waals surface area contributed by atoms with Gasteiger partial charge in [-0.3, -0.25) is 4.79 Å². The van der Waals surface area contributed by atoms with Crippen molar-refractivity contribution >= 4 is 35.9 Å². The largest absolute Gasteiger partial charge is 0.507 e. The number of Topliss-reactive ketones (excluding diaryl/α,β-unsaturated/α-hetero) is 1. The van der Waals surface area contributed by atoms with E-state index in [1.807, 2.05) is 50.2 Å². The van der Waals surface area contributed by atoms with Crippen LogP contribution < -0.4 is 20.0 Å². The molecule has 7 rings (SSSR count). The Morgan fingerprint density at radius 3 is 2.32 bits per heavy atom. The molecule has 2 atom stereocenters. The SMILES string of the molecule is Cc1cc(Oc2ccc3c(c2)[Si](C)(C)c2cc4c(cc2C32OC(=O)c3ccccc32)C(C)CC(C)(C)N4CCCC(=O)CCCC(C)C)cc(C)c1O. The Morgan fingerprint density at radius 2 is 1.60 bits per heavy atom. The normalized spacial score (nSPS) is 20.5. The highest BCUT2D eigenvalue weighted by molar-refractivity contribution is 7.01. The molecule has 0 aliphatic carbocycles. The van der Waals surface area contributed by atoms with Gasteiger partial charge in [-0.1, -0.05) is 64.6 Å². The molecule has 3 aliphatic heterocycles. The van der Waals surface area contributed by atoms with E-state index in [4.69, 9.17) is 9.47 Å². The van der Waals surface area contributed by atoms with Crippen LogP contribution in [0.3, 0.4) is 0 Å². The highest BCUT2D eigenvalue weighted by Crippen LogP contribution is 2.52. The van der Waals surface area contributed by atoms with Gasteiger partial charge in [0.1, 0.15) is 31.1 Å². The smallest absolute Gasteiger partial charge is 0.340 e. The minimum absolute atomic E-state index is 0.0921. The number of anilines is 1. The first kappa shape index (κ1) is 37.0. The van der Waals surface area contributed by atoms with E-state index in [0.717, 1.165) is 60.0 Å². The Morgan fingerprint density at radius 1 is 0.925 bits per heavy atom. The highest BCUT2D eigenvalue weighted by atomic mass is 28.3. The number of ketones is 1. The number of hydrogen-bond donors (Lipinski definition) is 1. The number of phenols is 1. The lowest BCUT2D eigenvalue weighted by Gasteiger charge is -2.50. The molecule has 3 aliphatic rings. The van der Waals surface area contributed by atoms with Gasteiger partial charge < -0.3 is 19.5 Å². The summed E-state index contributed by atoms with van der Waals surface area (Å²) in [5.74, 6) is 2.62. The number of aryl methyl sites for hydroxylation is 2. The molecule has 4 aromatic carbocycles. The first-order valence-corrected chi connectivity index (χ1v) is 22.5. The number of esters is 1. The number of nitrogens with zero attached hydrogens (tertiary/aromatic N) is 1. The van der Waals surface area contributed by atoms with Gasteiger partial charge in [-0.05, 0) is 128 Å². The molecule has 1 N–H and O–H groups in total. The van der Waals surface area contributed by atoms with Gasteiger partial charge in [-0.15, -0.1) is 0 Å². The van der Waals surface area contributed by atoms with Crippen molar-refractivity contribution in [3.8, 4) is 17.2 Å². The highest BCUT2D eigenvalue weighted by Gasteiger charge is 2.57. The zero-order valence-electron chi connectivity index (χ0n) is 33.0. The van der Waals surface area contributed by atoms with Crippen LogP contribution in [0.4, 0.5) is 5.69 Å². The van der Waals surface area contributed by atoms with E-state index in [0.29, 0.717) is 47.5 Å². The fraction of sp³-hybridized carbons (Fsp3) is 0.435. The lowest BCUT2D eigenvalue weighted by Crippen LogP contribution is -2.64. The Labute approximate surface area is 316 Å². The van der Waals surface area contributed by atoms with Gasteiger partial charge in [0.25, 0.3) is 0 Å². The van der Waals surface area contributed by atoms with Crippen LogP contribution in [0.15, 0.2) is 66.7 Å². The average Bonchev–Trinajstić information content (AvgIpc) is 3.39. The van der Waals surface area contributed by atoms with Crippen molar-refractivity contribution in [1.29, 1.82) is 0 Å². The van der Waals surface area contributed by atoms with Gasteiger partial charge in [0, 0.05) is 47.3 Å². The molecule has 0 fully saturated rings. The molecule has 0 saturated heterocycles. The molecule has 0 bridgehead atoms. The fourth-order valence-electron chi connectivity index (χ4n) is 9.46. The van der Waals surface area contributed by atoms with E-state index in [2.05, 4.69) is 82.9 Å². The maximum Gasteiger partial charge on any atom is 0.340 e. The molecule has 2 unspecified atom stereocenters. The minimum Gasteiger partial charge on any atom is -0.507 e. The summed E-state index contributed by atoms with van der Waals surface area (Å²) in [6.45, 7) is 20.8. The summed E-state index contributed by atoms with van der Waals surface area (Å²) in [7, 11) is -2.47. The number of carbonyl (C=O) groups is 2. The minimum atomic E-state index is -2.47. The second-order valence-electron chi connectivity index (χ2n) is 17.4. The number of aromatic hydroxyl groups is 1. The molecular weight excluding hydrogens is 675 g/mol. The first-order valence-electron chi connectivity index (χ1n) is 19.5. The van der Waals surface area contributed by atoms with E-state index in [-0.39, 0.29) is 17.3 Å². The number of phenolic OH excluding ortho intramolecular Hbond substituents is 1. The number of fused-ring (bicyclic) bond motifs is 7. The number of hydrogen-bond acceptors (Lipinski definition) is 6. The van der Waals surface area contributed by atoms with Crippen LogP contribution >= 0.6 is 0 Å². The predicted octanol–water partition coefficient (Wildman–Crippen LogP) is 9.67. The summed E-state index contributed by atoms with van der Waals surface area (Å²) in [5.41, 5.74) is 6.42. The summed E-state index contributed by atoms with van der Waals surface area (Å²) >= 11 is 0. The van der Waals surface area contributed by atoms with Crippen molar-refractivity contribution in [2.75, 3.05) is 11.4 Å². The van der Waals surface area contributed by atoms with E-state index in [1.165, 1.54) is 21.6 Å². The lowest BCUT2D eigenvalue weighted by atomic mass is 9.75. The Bertz CT molecular complexity index is 2090. The number of rotatable bonds is 10. The first-order chi connectivity index (χ1) is 25.0. The van der Waals surface area contributed by atoms with Crippen LogP contribution in [0.2, 0.25) is 13.1 Å². The molecule has 53 heavy (non-hydrogen) atoms. The monoisotopic (exact) mass is 729 g/mol. The van der Waals surface area contributed by atoms with Gasteiger partial charge in [0.15, 0.2) is 5.60 Å². The third-order valence-electron chi connectivity index (χ3n) is 12.2. The third-order valence-corrected chi connectivity index (χ3v) is 15.7. The average molecular weight is 730 g/mol. The van der Waals surface area contributed by atoms with Crippen molar-refractivity contribution in [3.05, 3.63) is 106 Å². The summed E-state index contributed by atoms with van der Waals surface area (Å²) in [4.78, 5) is 29.3. The zero-order chi connectivity index (χ0) is 38.0. The van der Waals surface area contributed by atoms with Gasteiger partial charge in [0.2, 0.25) is 0 Å². The second kappa shape index (κ2) is 13.5. The van der Waals surface area contributed by atoms with Gasteiger partial charge >= 0.3 is 5.97 Å². The molecular formula is C46H55NO5Si. The number of benzene rings is 4. The van der Waals surface area contributed by atoms with Crippen molar-refractivity contribution in [2.24, 2.45) is 5.92 Å². The topological polar surface area (TPSA) is 76.1 Å². The van der Waals surface area contributed by atoms with Crippen molar-refractivity contribution in [3.63, 3.8) is 0 Å². The quantitative estimate of drug-likeness (QED) is 0.129. The molecule has 4 aromatic rings. The molecule has 0 amide bonds. The van der Waals surface area contributed by atoms with Crippen LogP contribution in [-0.4, -0.2) is 37.0 Å². The number of ether oxygens (including phenoxy) is 2. The molecule has 7 heteroatoms. The molecule has 3 heterocycles. The third kappa shape index (κ3) is 6.29. The Balaban J connectivity index is 1.35. The maximum atomic E-state index is 13.8. The summed E-state index contributed by atoms with van der Waals surface area (Å²) in [6.07, 6.45) is 5.14. The van der Waals surface area contributed by atoms with Crippen molar-refractivity contribution in [1.82, 2.24) is 0 Å². The number of carbonyl (C=O) groups excluding carboxylic acids is 2. The Hall–Kier alpha value is -4.36. The van der Waals surface area contributed by atoms with E-state index in [9.17, 15) is 14.7 Å². The van der Waals surface area contributed by atoms with Crippen LogP contribution in [-0.2, 0) is 15.1 Å². The van der Waals surface area contributed by atoms with Crippen molar-refractivity contribution in [2.45, 2.75) is 117 Å². The summed E-state index contributed by atoms with van der Waals surface area (Å²) in [6, 6.07) is 22.6. The lowest BCUT2D eigenvalue weighted by molar-refractivity contribution is -0.119. The Kier molecular flexibility index (Phi) is 9.41. The predicted molar refractivity (Wildman–Crippen MR) is 216 cm³/mol. The van der Waals surface area contributed by atoms with Crippen LogP contribution in [0.25, 0.3) is 0 Å². The van der Waals surface area contributed by atoms with E-state index < -0.39 is 13.7 Å². The zero-order valence-corrected chi connectivity index (χ0v) is 34.0. The maximum absolute atomic E-state index is 13.8. The summed E-state index contributed by atoms with van der Waals surface area (Å²) < 4.78 is 13.2.